The number of hydrogen-bond acceptors (Lipinski definition) is 3. The molecule has 3 heteroatoms. The van der Waals surface area contributed by atoms with Crippen molar-refractivity contribution in [2.75, 3.05) is 19.8 Å². The molecule has 0 spiro atoms. The van der Waals surface area contributed by atoms with E-state index in [1.165, 1.54) is 0 Å². The fraction of sp³-hybridized carbons (Fsp3) is 1.00. The average Bonchev–Trinajstić information content (AvgIpc) is 2.13. The molecule has 0 heterocycles. The molecule has 0 aromatic rings. The molecule has 3 nitrogen and oxygen atoms in total. The second-order valence-electron chi connectivity index (χ2n) is 3.00. The molecule has 0 bridgehead atoms. The van der Waals surface area contributed by atoms with Crippen molar-refractivity contribution >= 4 is 0 Å². The second kappa shape index (κ2) is 14.4. The lowest BCUT2D eigenvalue weighted by atomic mass is 10.4. The van der Waals surface area contributed by atoms with Gasteiger partial charge >= 0.3 is 0 Å². The van der Waals surface area contributed by atoms with E-state index in [-0.39, 0.29) is 6.10 Å². The van der Waals surface area contributed by atoms with Crippen molar-refractivity contribution in [2.45, 2.75) is 46.1 Å². The first-order valence-corrected chi connectivity index (χ1v) is 5.05. The Labute approximate surface area is 81.7 Å². The van der Waals surface area contributed by atoms with E-state index in [2.05, 4.69) is 6.92 Å². The maximum atomic E-state index is 8.73. The molecule has 0 fully saturated rings. The van der Waals surface area contributed by atoms with E-state index >= 15 is 0 Å². The summed E-state index contributed by atoms with van der Waals surface area (Å²) in [5.41, 5.74) is 0. The molecule has 0 aliphatic rings. The van der Waals surface area contributed by atoms with Crippen LogP contribution < -0.4 is 0 Å². The van der Waals surface area contributed by atoms with Crippen molar-refractivity contribution < 1.29 is 14.9 Å². The SMILES string of the molecule is CCCCOCC(C)O.CCCO. The minimum atomic E-state index is -0.318. The van der Waals surface area contributed by atoms with Gasteiger partial charge in [-0.05, 0) is 19.8 Å². The molecule has 0 aromatic carbocycles. The molecule has 0 aromatic heterocycles. The van der Waals surface area contributed by atoms with Crippen LogP contribution in [-0.4, -0.2) is 36.1 Å². The highest BCUT2D eigenvalue weighted by atomic mass is 16.5. The summed E-state index contributed by atoms with van der Waals surface area (Å²) < 4.78 is 5.09. The van der Waals surface area contributed by atoms with Crippen LogP contribution in [0.15, 0.2) is 0 Å². The van der Waals surface area contributed by atoms with Gasteiger partial charge in [-0.25, -0.2) is 0 Å². The highest BCUT2D eigenvalue weighted by molar-refractivity contribution is 4.40. The first-order chi connectivity index (χ1) is 6.18. The zero-order valence-electron chi connectivity index (χ0n) is 9.12. The van der Waals surface area contributed by atoms with Gasteiger partial charge in [0.2, 0.25) is 0 Å². The summed E-state index contributed by atoms with van der Waals surface area (Å²) in [5.74, 6) is 0. The zero-order chi connectivity index (χ0) is 10.5. The van der Waals surface area contributed by atoms with Crippen LogP contribution in [0.4, 0.5) is 0 Å². The molecule has 1 unspecified atom stereocenters. The lowest BCUT2D eigenvalue weighted by Crippen LogP contribution is -2.10. The monoisotopic (exact) mass is 192 g/mol. The zero-order valence-corrected chi connectivity index (χ0v) is 9.12. The lowest BCUT2D eigenvalue weighted by Gasteiger charge is -2.03. The average molecular weight is 192 g/mol. The Hall–Kier alpha value is -0.120. The molecular formula is C10H24O3. The Balaban J connectivity index is 0. The maximum absolute atomic E-state index is 8.73. The normalized spacial score (nSPS) is 11.8. The molecule has 2 N–H and O–H groups in total. The van der Waals surface area contributed by atoms with Gasteiger partial charge in [0, 0.05) is 13.2 Å². The summed E-state index contributed by atoms with van der Waals surface area (Å²) in [6.07, 6.45) is 2.80. The summed E-state index contributed by atoms with van der Waals surface area (Å²) in [7, 11) is 0. The van der Waals surface area contributed by atoms with E-state index in [4.69, 9.17) is 14.9 Å². The number of unbranched alkanes of at least 4 members (excludes halogenated alkanes) is 1. The summed E-state index contributed by atoms with van der Waals surface area (Å²) in [4.78, 5) is 0. The number of hydrogen-bond donors (Lipinski definition) is 2. The highest BCUT2D eigenvalue weighted by Gasteiger charge is 1.92. The van der Waals surface area contributed by atoms with Crippen LogP contribution in [0, 0.1) is 0 Å². The summed E-state index contributed by atoms with van der Waals surface area (Å²) in [6, 6.07) is 0. The Morgan fingerprint density at radius 3 is 2.08 bits per heavy atom. The molecule has 13 heavy (non-hydrogen) atoms. The van der Waals surface area contributed by atoms with Crippen LogP contribution in [0.2, 0.25) is 0 Å². The number of rotatable bonds is 6. The number of aliphatic hydroxyl groups excluding tert-OH is 2. The third-order valence-electron chi connectivity index (χ3n) is 1.22. The van der Waals surface area contributed by atoms with E-state index in [9.17, 15) is 0 Å². The van der Waals surface area contributed by atoms with Crippen LogP contribution in [0.3, 0.4) is 0 Å². The fourth-order valence-electron chi connectivity index (χ4n) is 0.500. The van der Waals surface area contributed by atoms with Crippen molar-refractivity contribution in [3.05, 3.63) is 0 Å². The Kier molecular flexibility index (Phi) is 17.0. The third-order valence-corrected chi connectivity index (χ3v) is 1.22. The topological polar surface area (TPSA) is 49.7 Å². The largest absolute Gasteiger partial charge is 0.396 e. The highest BCUT2D eigenvalue weighted by Crippen LogP contribution is 1.89. The molecule has 0 aliphatic carbocycles. The second-order valence-corrected chi connectivity index (χ2v) is 3.00. The molecule has 0 rings (SSSR count). The summed E-state index contributed by atoms with van der Waals surface area (Å²) >= 11 is 0. The van der Waals surface area contributed by atoms with E-state index in [0.29, 0.717) is 13.2 Å². The molecule has 1 atom stereocenters. The van der Waals surface area contributed by atoms with Gasteiger partial charge in [0.15, 0.2) is 0 Å². The first kappa shape index (κ1) is 15.4. The fourth-order valence-corrected chi connectivity index (χ4v) is 0.500. The van der Waals surface area contributed by atoms with Gasteiger partial charge < -0.3 is 14.9 Å². The maximum Gasteiger partial charge on any atom is 0.0745 e. The van der Waals surface area contributed by atoms with Gasteiger partial charge in [0.1, 0.15) is 0 Å². The van der Waals surface area contributed by atoms with E-state index in [1.54, 1.807) is 6.92 Å². The summed E-state index contributed by atoms with van der Waals surface area (Å²) in [5, 5.41) is 16.6. The Morgan fingerprint density at radius 1 is 1.23 bits per heavy atom. The Morgan fingerprint density at radius 2 is 1.77 bits per heavy atom. The van der Waals surface area contributed by atoms with Crippen LogP contribution in [0.1, 0.15) is 40.0 Å². The molecule has 0 aliphatic heterocycles. The number of ether oxygens (including phenoxy) is 1. The molecule has 0 saturated carbocycles. The van der Waals surface area contributed by atoms with Gasteiger partial charge in [-0.3, -0.25) is 0 Å². The standard InChI is InChI=1S/C7H16O2.C3H8O/c1-3-4-5-9-6-7(2)8;1-2-3-4/h7-8H,3-6H2,1-2H3;4H,2-3H2,1H3. The summed E-state index contributed by atoms with van der Waals surface area (Å²) in [6.45, 7) is 7.35. The predicted molar refractivity (Wildman–Crippen MR) is 54.8 cm³/mol. The van der Waals surface area contributed by atoms with E-state index in [1.807, 2.05) is 6.92 Å². The number of aliphatic hydroxyl groups is 2. The van der Waals surface area contributed by atoms with Crippen molar-refractivity contribution in [3.8, 4) is 0 Å². The van der Waals surface area contributed by atoms with Crippen LogP contribution in [0.25, 0.3) is 0 Å². The quantitative estimate of drug-likeness (QED) is 0.628. The van der Waals surface area contributed by atoms with Crippen molar-refractivity contribution in [2.24, 2.45) is 0 Å². The van der Waals surface area contributed by atoms with Crippen LogP contribution >= 0.6 is 0 Å². The third kappa shape index (κ3) is 24.5. The van der Waals surface area contributed by atoms with Gasteiger partial charge in [-0.2, -0.15) is 0 Å². The minimum Gasteiger partial charge on any atom is -0.396 e. The van der Waals surface area contributed by atoms with Gasteiger partial charge in [0.05, 0.1) is 12.7 Å². The van der Waals surface area contributed by atoms with Crippen molar-refractivity contribution in [3.63, 3.8) is 0 Å². The predicted octanol–water partition coefficient (Wildman–Crippen LogP) is 1.57. The molecule has 0 radical (unpaired) electrons. The van der Waals surface area contributed by atoms with Crippen LogP contribution in [0.5, 0.6) is 0 Å². The smallest absolute Gasteiger partial charge is 0.0745 e. The van der Waals surface area contributed by atoms with Gasteiger partial charge in [-0.1, -0.05) is 20.3 Å². The van der Waals surface area contributed by atoms with Crippen molar-refractivity contribution in [1.82, 2.24) is 0 Å². The van der Waals surface area contributed by atoms with Gasteiger partial charge in [0.25, 0.3) is 0 Å². The van der Waals surface area contributed by atoms with Gasteiger partial charge in [-0.15, -0.1) is 0 Å². The lowest BCUT2D eigenvalue weighted by molar-refractivity contribution is 0.0450. The van der Waals surface area contributed by atoms with Crippen LogP contribution in [-0.2, 0) is 4.74 Å². The van der Waals surface area contributed by atoms with E-state index in [0.717, 1.165) is 25.9 Å². The first-order valence-electron chi connectivity index (χ1n) is 5.05. The Bertz CT molecular complexity index is 72.6. The van der Waals surface area contributed by atoms with Crippen molar-refractivity contribution in [1.29, 1.82) is 0 Å². The molecule has 82 valence electrons. The minimum absolute atomic E-state index is 0.318. The molecular weight excluding hydrogens is 168 g/mol. The van der Waals surface area contributed by atoms with E-state index < -0.39 is 0 Å². The molecule has 0 saturated heterocycles. The molecule has 0 amide bonds.